The molecule has 0 amide bonds. The Hall–Kier alpha value is -2.95. The Morgan fingerprint density at radius 2 is 1.87 bits per heavy atom. The van der Waals surface area contributed by atoms with Crippen LogP contribution >= 0.6 is 23.5 Å². The van der Waals surface area contributed by atoms with E-state index in [0.29, 0.717) is 17.8 Å². The van der Waals surface area contributed by atoms with E-state index < -0.39 is 0 Å². The van der Waals surface area contributed by atoms with Gasteiger partial charge in [-0.2, -0.15) is 14.9 Å². The maximum Gasteiger partial charge on any atom is 0.176 e. The van der Waals surface area contributed by atoms with Crippen LogP contribution in [0.25, 0.3) is 5.65 Å². The minimum absolute atomic E-state index is 0.552. The summed E-state index contributed by atoms with van der Waals surface area (Å²) in [5.41, 5.74) is 4.45. The summed E-state index contributed by atoms with van der Waals surface area (Å²) in [6.07, 6.45) is 0. The first-order valence-electron chi connectivity index (χ1n) is 9.75. The highest BCUT2D eigenvalue weighted by Gasteiger charge is 2.30. The van der Waals surface area contributed by atoms with Gasteiger partial charge in [-0.25, -0.2) is 4.98 Å². The quantitative estimate of drug-likeness (QED) is 0.381. The van der Waals surface area contributed by atoms with Gasteiger partial charge in [0.2, 0.25) is 0 Å². The van der Waals surface area contributed by atoms with E-state index in [2.05, 4.69) is 66.4 Å². The Morgan fingerprint density at radius 1 is 1.10 bits per heavy atom. The third kappa shape index (κ3) is 3.04. The molecule has 0 unspecified atom stereocenters. The highest BCUT2D eigenvalue weighted by molar-refractivity contribution is 8.00. The molecule has 0 N–H and O–H groups in total. The van der Waals surface area contributed by atoms with Gasteiger partial charge in [0.25, 0.3) is 0 Å². The number of hydrogen-bond acceptors (Lipinski definition) is 6. The van der Waals surface area contributed by atoms with Crippen LogP contribution < -0.4 is 4.90 Å². The van der Waals surface area contributed by atoms with Crippen molar-refractivity contribution in [3.63, 3.8) is 0 Å². The van der Waals surface area contributed by atoms with Gasteiger partial charge >= 0.3 is 0 Å². The van der Waals surface area contributed by atoms with Crippen LogP contribution in [0.3, 0.4) is 0 Å². The second kappa shape index (κ2) is 7.71. The van der Waals surface area contributed by atoms with Gasteiger partial charge in [0, 0.05) is 11.4 Å². The SMILES string of the molecule is CCSc1nn2c3c(c(C)nc2c1C#N)Sc1ccccc1N3Cc1ccccc1. The summed E-state index contributed by atoms with van der Waals surface area (Å²) in [7, 11) is 0. The smallest absolute Gasteiger partial charge is 0.176 e. The fourth-order valence-corrected chi connectivity index (χ4v) is 5.54. The maximum atomic E-state index is 9.81. The van der Waals surface area contributed by atoms with Crippen LogP contribution in [-0.4, -0.2) is 20.4 Å². The molecule has 2 aromatic heterocycles. The van der Waals surface area contributed by atoms with Crippen molar-refractivity contribution in [3.8, 4) is 6.07 Å². The molecule has 7 heteroatoms. The predicted octanol–water partition coefficient (Wildman–Crippen LogP) is 5.82. The number of aromatic nitrogens is 3. The number of anilines is 2. The van der Waals surface area contributed by atoms with Gasteiger partial charge < -0.3 is 4.90 Å². The molecule has 2 aromatic carbocycles. The molecule has 0 saturated heterocycles. The van der Waals surface area contributed by atoms with E-state index in [-0.39, 0.29) is 0 Å². The summed E-state index contributed by atoms with van der Waals surface area (Å²) >= 11 is 3.30. The Labute approximate surface area is 183 Å². The van der Waals surface area contributed by atoms with Crippen LogP contribution in [0, 0.1) is 18.3 Å². The van der Waals surface area contributed by atoms with Gasteiger partial charge in [-0.15, -0.1) is 11.8 Å². The Bertz CT molecular complexity index is 1290. The van der Waals surface area contributed by atoms with Gasteiger partial charge in [0.05, 0.1) is 16.3 Å². The second-order valence-corrected chi connectivity index (χ2v) is 9.26. The summed E-state index contributed by atoms with van der Waals surface area (Å²) in [6, 6.07) is 21.2. The molecule has 0 radical (unpaired) electrons. The molecular formula is C23H19N5S2. The minimum atomic E-state index is 0.552. The zero-order valence-electron chi connectivity index (χ0n) is 16.7. The molecule has 3 heterocycles. The number of nitriles is 1. The monoisotopic (exact) mass is 429 g/mol. The Kier molecular flexibility index (Phi) is 4.89. The minimum Gasteiger partial charge on any atom is -0.320 e. The summed E-state index contributed by atoms with van der Waals surface area (Å²) in [5.74, 6) is 1.83. The average molecular weight is 430 g/mol. The third-order valence-corrected chi connectivity index (χ3v) is 7.13. The van der Waals surface area contributed by atoms with E-state index in [1.165, 1.54) is 10.5 Å². The first-order chi connectivity index (χ1) is 14.7. The zero-order valence-corrected chi connectivity index (χ0v) is 18.3. The van der Waals surface area contributed by atoms with Crippen molar-refractivity contribution >= 4 is 40.7 Å². The van der Waals surface area contributed by atoms with Crippen molar-refractivity contribution in [3.05, 3.63) is 71.4 Å². The molecule has 0 fully saturated rings. The first kappa shape index (κ1) is 19.0. The molecule has 4 aromatic rings. The molecule has 1 aliphatic rings. The fourth-order valence-electron chi connectivity index (χ4n) is 3.72. The lowest BCUT2D eigenvalue weighted by Crippen LogP contribution is -2.24. The third-order valence-electron chi connectivity index (χ3n) is 5.03. The number of hydrogen-bond donors (Lipinski definition) is 0. The Morgan fingerprint density at radius 3 is 2.63 bits per heavy atom. The van der Waals surface area contributed by atoms with E-state index in [0.717, 1.165) is 32.9 Å². The number of nitrogens with zero attached hydrogens (tertiary/aromatic N) is 5. The van der Waals surface area contributed by atoms with Crippen molar-refractivity contribution < 1.29 is 0 Å². The highest BCUT2D eigenvalue weighted by atomic mass is 32.2. The zero-order chi connectivity index (χ0) is 20.7. The number of benzene rings is 2. The van der Waals surface area contributed by atoms with Crippen molar-refractivity contribution in [1.29, 1.82) is 5.26 Å². The fraction of sp³-hybridized carbons (Fsp3) is 0.174. The van der Waals surface area contributed by atoms with Crippen LogP contribution in [0.5, 0.6) is 0 Å². The van der Waals surface area contributed by atoms with Crippen molar-refractivity contribution in [1.82, 2.24) is 14.6 Å². The van der Waals surface area contributed by atoms with Gasteiger partial charge in [0.1, 0.15) is 16.7 Å². The lowest BCUT2D eigenvalue weighted by atomic mass is 10.2. The van der Waals surface area contributed by atoms with Crippen LogP contribution in [0.15, 0.2) is 69.4 Å². The first-order valence-corrected chi connectivity index (χ1v) is 11.6. The van der Waals surface area contributed by atoms with Crippen molar-refractivity contribution in [2.45, 2.75) is 35.2 Å². The maximum absolute atomic E-state index is 9.81. The van der Waals surface area contributed by atoms with Crippen LogP contribution in [0.1, 0.15) is 23.7 Å². The second-order valence-electron chi connectivity index (χ2n) is 6.95. The number of rotatable bonds is 4. The van der Waals surface area contributed by atoms with E-state index in [1.54, 1.807) is 23.5 Å². The highest BCUT2D eigenvalue weighted by Crippen LogP contribution is 2.50. The molecule has 0 bridgehead atoms. The predicted molar refractivity (Wildman–Crippen MR) is 122 cm³/mol. The largest absolute Gasteiger partial charge is 0.320 e. The standard InChI is InChI=1S/C23H19N5S2/c1-3-29-22-17(13-24)21-25-15(2)20-23(28(21)26-22)27(14-16-9-5-4-6-10-16)18-11-7-8-12-19(18)30-20/h4-12H,3,14H2,1-2H3. The molecule has 0 saturated carbocycles. The number of fused-ring (bicyclic) bond motifs is 4. The molecule has 5 rings (SSSR count). The van der Waals surface area contributed by atoms with Crippen LogP contribution in [0.4, 0.5) is 11.5 Å². The van der Waals surface area contributed by atoms with E-state index >= 15 is 0 Å². The summed E-state index contributed by atoms with van der Waals surface area (Å²) in [6.45, 7) is 4.79. The lowest BCUT2D eigenvalue weighted by molar-refractivity contribution is 0.799. The summed E-state index contributed by atoms with van der Waals surface area (Å²) < 4.78 is 1.87. The summed E-state index contributed by atoms with van der Waals surface area (Å²) in [5, 5.41) is 15.4. The number of aryl methyl sites for hydroxylation is 1. The molecule has 0 atom stereocenters. The van der Waals surface area contributed by atoms with E-state index in [9.17, 15) is 5.26 Å². The molecule has 0 spiro atoms. The molecule has 0 aliphatic carbocycles. The molecule has 5 nitrogen and oxygen atoms in total. The van der Waals surface area contributed by atoms with Gasteiger partial charge in [-0.3, -0.25) is 0 Å². The molecule has 30 heavy (non-hydrogen) atoms. The lowest BCUT2D eigenvalue weighted by Gasteiger charge is -2.33. The molecule has 148 valence electrons. The summed E-state index contributed by atoms with van der Waals surface area (Å²) in [4.78, 5) is 9.37. The Balaban J connectivity index is 1.79. The average Bonchev–Trinajstić information content (AvgIpc) is 3.11. The van der Waals surface area contributed by atoms with Crippen LogP contribution in [-0.2, 0) is 6.54 Å². The van der Waals surface area contributed by atoms with E-state index in [4.69, 9.17) is 10.1 Å². The topological polar surface area (TPSA) is 57.2 Å². The van der Waals surface area contributed by atoms with Crippen molar-refractivity contribution in [2.75, 3.05) is 10.7 Å². The van der Waals surface area contributed by atoms with E-state index in [1.807, 2.05) is 17.5 Å². The molecular weight excluding hydrogens is 410 g/mol. The normalized spacial score (nSPS) is 12.5. The van der Waals surface area contributed by atoms with Gasteiger partial charge in [-0.05, 0) is 30.4 Å². The molecule has 1 aliphatic heterocycles. The number of thioether (sulfide) groups is 1. The number of para-hydroxylation sites is 1. The van der Waals surface area contributed by atoms with Crippen LogP contribution in [0.2, 0.25) is 0 Å². The van der Waals surface area contributed by atoms with Crippen molar-refractivity contribution in [2.24, 2.45) is 0 Å². The van der Waals surface area contributed by atoms with Gasteiger partial charge in [0.15, 0.2) is 11.5 Å². The van der Waals surface area contributed by atoms with Gasteiger partial charge in [-0.1, -0.05) is 61.2 Å².